The van der Waals surface area contributed by atoms with Crippen LogP contribution in [0, 0.1) is 0 Å². The molecule has 96 valence electrons. The number of carbonyl (C=O) groups is 1. The van der Waals surface area contributed by atoms with Crippen LogP contribution in [0.2, 0.25) is 0 Å². The molecule has 0 bridgehead atoms. The molecular weight excluding hydrogens is 234 g/mol. The first-order valence-corrected chi connectivity index (χ1v) is 5.54. The van der Waals surface area contributed by atoms with E-state index < -0.39 is 11.4 Å². The lowest BCUT2D eigenvalue weighted by Crippen LogP contribution is -2.42. The van der Waals surface area contributed by atoms with Crippen molar-refractivity contribution in [1.82, 2.24) is 14.8 Å². The van der Waals surface area contributed by atoms with Gasteiger partial charge in [0.1, 0.15) is 0 Å². The van der Waals surface area contributed by atoms with E-state index in [1.165, 1.54) is 4.68 Å². The summed E-state index contributed by atoms with van der Waals surface area (Å²) in [6.45, 7) is 5.51. The molecule has 2 aromatic rings. The Hall–Kier alpha value is -2.18. The van der Waals surface area contributed by atoms with Crippen LogP contribution in [0.4, 0.5) is 0 Å². The predicted octanol–water partition coefficient (Wildman–Crippen LogP) is -0.597. The average Bonchev–Trinajstić information content (AvgIpc) is 2.59. The quantitative estimate of drug-likeness (QED) is 0.661. The maximum atomic E-state index is 12.3. The number of amides is 1. The zero-order valence-corrected chi connectivity index (χ0v) is 10.8. The summed E-state index contributed by atoms with van der Waals surface area (Å²) in [6, 6.07) is 0. The summed E-state index contributed by atoms with van der Waals surface area (Å²) in [5.41, 5.74) is 5.34. The smallest absolute Gasteiger partial charge is 0.318 e. The highest BCUT2D eigenvalue weighted by Gasteiger charge is 2.27. The minimum Gasteiger partial charge on any atom is -0.364 e. The van der Waals surface area contributed by atoms with Gasteiger partial charge in [-0.05, 0) is 20.8 Å². The highest BCUT2D eigenvalue weighted by Crippen LogP contribution is 2.13. The molecule has 18 heavy (non-hydrogen) atoms. The molecule has 0 fully saturated rings. The summed E-state index contributed by atoms with van der Waals surface area (Å²) in [5.74, 6) is -0.666. The molecule has 0 aliphatic carbocycles. The number of carbonyl (C=O) groups excluding carboxylic acids is 1. The van der Waals surface area contributed by atoms with Gasteiger partial charge in [-0.25, -0.2) is 14.2 Å². The molecular formula is C11H16N5O2+. The van der Waals surface area contributed by atoms with E-state index in [1.807, 2.05) is 20.8 Å². The number of rotatable bonds is 1. The van der Waals surface area contributed by atoms with Crippen LogP contribution in [-0.4, -0.2) is 20.7 Å². The topological polar surface area (TPSA) is 97.7 Å². The van der Waals surface area contributed by atoms with Crippen LogP contribution in [0.3, 0.4) is 0 Å². The molecule has 0 atom stereocenters. The monoisotopic (exact) mass is 250 g/mol. The minimum atomic E-state index is -0.666. The van der Waals surface area contributed by atoms with Gasteiger partial charge in [0, 0.05) is 0 Å². The van der Waals surface area contributed by atoms with Crippen LogP contribution in [0.5, 0.6) is 0 Å². The zero-order valence-electron chi connectivity index (χ0n) is 10.8. The van der Waals surface area contributed by atoms with Gasteiger partial charge in [-0.3, -0.25) is 9.59 Å². The van der Waals surface area contributed by atoms with Crippen LogP contribution >= 0.6 is 0 Å². The molecule has 0 aliphatic rings. The lowest BCUT2D eigenvalue weighted by molar-refractivity contribution is -0.645. The van der Waals surface area contributed by atoms with Gasteiger partial charge in [0.2, 0.25) is 17.4 Å². The number of hydrogen-bond acceptors (Lipinski definition) is 3. The van der Waals surface area contributed by atoms with E-state index in [-0.39, 0.29) is 11.3 Å². The third-order valence-corrected chi connectivity index (χ3v) is 2.69. The van der Waals surface area contributed by atoms with E-state index in [1.54, 1.807) is 17.9 Å². The summed E-state index contributed by atoms with van der Waals surface area (Å²) >= 11 is 0. The fourth-order valence-corrected chi connectivity index (χ4v) is 1.83. The zero-order chi connectivity index (χ0) is 13.7. The van der Waals surface area contributed by atoms with Crippen LogP contribution in [0.1, 0.15) is 31.3 Å². The Kier molecular flexibility index (Phi) is 2.50. The van der Waals surface area contributed by atoms with Gasteiger partial charge in [0.15, 0.2) is 5.69 Å². The van der Waals surface area contributed by atoms with Crippen LogP contribution in [0.15, 0.2) is 11.1 Å². The Morgan fingerprint density at radius 2 is 2.11 bits per heavy atom. The van der Waals surface area contributed by atoms with Gasteiger partial charge in [-0.2, -0.15) is 5.10 Å². The number of H-pyrrole nitrogens is 1. The minimum absolute atomic E-state index is 0.0696. The molecule has 0 spiro atoms. The highest BCUT2D eigenvalue weighted by molar-refractivity contribution is 6.00. The van der Waals surface area contributed by atoms with Gasteiger partial charge in [0.25, 0.3) is 5.91 Å². The van der Waals surface area contributed by atoms with Crippen molar-refractivity contribution in [3.63, 3.8) is 0 Å². The predicted molar refractivity (Wildman–Crippen MR) is 65.0 cm³/mol. The fourth-order valence-electron chi connectivity index (χ4n) is 1.83. The molecule has 0 aliphatic heterocycles. The first-order valence-electron chi connectivity index (χ1n) is 5.54. The molecule has 7 heteroatoms. The van der Waals surface area contributed by atoms with E-state index in [0.29, 0.717) is 11.0 Å². The Labute approximate surface area is 103 Å². The molecule has 0 radical (unpaired) electrons. The molecule has 2 heterocycles. The van der Waals surface area contributed by atoms with E-state index in [4.69, 9.17) is 5.73 Å². The third kappa shape index (κ3) is 1.68. The molecule has 0 unspecified atom stereocenters. The standard InChI is InChI=1S/C11H15N5O2/c1-11(2,3)16-10(18)8-6(13-5-15(8)4)7(14-16)9(12)17/h5H,1-4H3,(H2,12,17)/p+1. The van der Waals surface area contributed by atoms with Crippen LogP contribution < -0.4 is 15.9 Å². The average molecular weight is 250 g/mol. The molecule has 0 aromatic carbocycles. The van der Waals surface area contributed by atoms with Gasteiger partial charge >= 0.3 is 5.56 Å². The Morgan fingerprint density at radius 1 is 1.50 bits per heavy atom. The molecule has 2 rings (SSSR count). The maximum Gasteiger partial charge on any atom is 0.318 e. The second kappa shape index (κ2) is 3.66. The highest BCUT2D eigenvalue weighted by atomic mass is 16.1. The second-order valence-corrected chi connectivity index (χ2v) is 5.21. The molecule has 2 aromatic heterocycles. The first kappa shape index (κ1) is 12.3. The van der Waals surface area contributed by atoms with Crippen molar-refractivity contribution in [3.8, 4) is 0 Å². The van der Waals surface area contributed by atoms with Gasteiger partial charge in [-0.1, -0.05) is 0 Å². The van der Waals surface area contributed by atoms with Crippen molar-refractivity contribution in [1.29, 1.82) is 0 Å². The molecule has 0 saturated heterocycles. The van der Waals surface area contributed by atoms with Crippen molar-refractivity contribution in [3.05, 3.63) is 22.4 Å². The SMILES string of the molecule is C[n+]1c[nH]c2c(C(N)=O)nn(C(C)(C)C)c(=O)c21. The van der Waals surface area contributed by atoms with Crippen molar-refractivity contribution in [2.75, 3.05) is 0 Å². The number of aromatic nitrogens is 4. The third-order valence-electron chi connectivity index (χ3n) is 2.69. The molecule has 0 saturated carbocycles. The maximum absolute atomic E-state index is 12.3. The van der Waals surface area contributed by atoms with Crippen molar-refractivity contribution >= 4 is 16.9 Å². The van der Waals surface area contributed by atoms with Crippen molar-refractivity contribution in [2.45, 2.75) is 26.3 Å². The summed E-state index contributed by atoms with van der Waals surface area (Å²) in [7, 11) is 1.72. The number of fused-ring (bicyclic) bond motifs is 1. The number of nitrogens with one attached hydrogen (secondary N) is 1. The number of primary amides is 1. The lowest BCUT2D eigenvalue weighted by Gasteiger charge is -2.20. The number of hydrogen-bond donors (Lipinski definition) is 2. The summed E-state index contributed by atoms with van der Waals surface area (Å²) in [4.78, 5) is 26.6. The summed E-state index contributed by atoms with van der Waals surface area (Å²) in [5, 5.41) is 4.07. The fraction of sp³-hybridized carbons (Fsp3) is 0.455. The number of aryl methyl sites for hydroxylation is 1. The van der Waals surface area contributed by atoms with E-state index >= 15 is 0 Å². The van der Waals surface area contributed by atoms with Crippen LogP contribution in [-0.2, 0) is 12.6 Å². The number of nitrogens with two attached hydrogens (primary N) is 1. The van der Waals surface area contributed by atoms with E-state index in [0.717, 1.165) is 0 Å². The van der Waals surface area contributed by atoms with E-state index in [2.05, 4.69) is 10.1 Å². The largest absolute Gasteiger partial charge is 0.364 e. The Balaban J connectivity index is 3.00. The van der Waals surface area contributed by atoms with Gasteiger partial charge in [0.05, 0.1) is 12.6 Å². The van der Waals surface area contributed by atoms with Crippen molar-refractivity contribution in [2.24, 2.45) is 12.8 Å². The second-order valence-electron chi connectivity index (χ2n) is 5.21. The Bertz CT molecular complexity index is 690. The first-order chi connectivity index (χ1) is 8.23. The number of nitrogens with zero attached hydrogens (tertiary/aromatic N) is 3. The number of imidazole rings is 1. The molecule has 7 nitrogen and oxygen atoms in total. The van der Waals surface area contributed by atoms with Crippen LogP contribution in [0.25, 0.3) is 11.0 Å². The normalized spacial score (nSPS) is 12.0. The summed E-state index contributed by atoms with van der Waals surface area (Å²) < 4.78 is 2.90. The lowest BCUT2D eigenvalue weighted by atomic mass is 10.1. The summed E-state index contributed by atoms with van der Waals surface area (Å²) in [6.07, 6.45) is 1.59. The molecule has 3 N–H and O–H groups in total. The van der Waals surface area contributed by atoms with Gasteiger partial charge in [-0.15, -0.1) is 0 Å². The van der Waals surface area contributed by atoms with Crippen molar-refractivity contribution < 1.29 is 9.36 Å². The molecule has 1 amide bonds. The van der Waals surface area contributed by atoms with E-state index in [9.17, 15) is 9.59 Å². The number of aromatic amines is 1. The Morgan fingerprint density at radius 3 is 2.61 bits per heavy atom. The van der Waals surface area contributed by atoms with Gasteiger partial charge < -0.3 is 5.73 Å².